The molecule has 10 N–H and O–H groups in total. The van der Waals surface area contributed by atoms with Gasteiger partial charge in [-0.25, -0.2) is 4.90 Å². The van der Waals surface area contributed by atoms with E-state index in [4.69, 9.17) is 96.4 Å². The standard InChI is InChI=1S/C98H153N11O38/c1-18-19-45-135-97(109(59(2)3)60(4)5)144-74-34-32-73(33-35-74)93(128)108-98(56-129-49-36-82(125)102-42-26-39-99-79(122)29-20-23-46-132-94-85(105-62(7)111)75(52-61(6)110)88(139-68(13)117)76(145-94)53-136-65(10)114,57-130-50-37-83(126)103-43-27-40-100-80(123)30-21-24-47-133-95-86(106-63(8)112)91(142-71(16)120)89(140-69(14)118)77(146-95)54-137-66(11)115)58-131-51-38-84(127)104-44-28-41-101-81(124)31-22-25-48-134-96-87(107-64(9)113)92(143-72(17)121)90(141-70(15)119)78(147-96)55-138-67(12)116/h1,32-35,59-60,75-78,85-92,94-97H,19-31,36-58H2,2-17H3,(H,99,122)(H,100,123)(H,101,124)(H,102,125)(H,103,126)(H,104,127)(H,105,111)(H,106,112)(H,107,113)(H,108,128). The number of terminal acetylenes is 1. The van der Waals surface area contributed by atoms with E-state index >= 15 is 0 Å². The van der Waals surface area contributed by atoms with Gasteiger partial charge in [0.15, 0.2) is 43.3 Å². The molecule has 147 heavy (non-hydrogen) atoms. The highest BCUT2D eigenvalue weighted by molar-refractivity contribution is 5.95. The maximum atomic E-state index is 14.7. The topological polar surface area (TPSA) is 623 Å². The summed E-state index contributed by atoms with van der Waals surface area (Å²) in [5, 5.41) is 27.8. The Hall–Kier alpha value is -11.7. The zero-order valence-electron chi connectivity index (χ0n) is 87.2. The van der Waals surface area contributed by atoms with Crippen LogP contribution in [0.25, 0.3) is 0 Å². The Morgan fingerprint density at radius 3 is 1.00 bits per heavy atom. The summed E-state index contributed by atoms with van der Waals surface area (Å²) >= 11 is 0. The molecule has 10 amide bonds. The molecule has 0 saturated carbocycles. The number of ether oxygens (including phenoxy) is 19. The molecule has 3 fully saturated rings. The largest absolute Gasteiger partial charge is 0.463 e. The summed E-state index contributed by atoms with van der Waals surface area (Å²) in [6.07, 6.45) is -6.24. The molecule has 3 heterocycles. The first kappa shape index (κ1) is 128. The Morgan fingerprint density at radius 2 is 0.687 bits per heavy atom. The molecule has 49 nitrogen and oxygen atoms in total. The SMILES string of the molecule is C#CCCOC(Oc1ccc(C(=O)NC(COCCC(=O)NCCCNC(=O)CCCCOC2OC(COC(C)=O)C(OC(C)=O)C(CC(C)=O)C2NC(C)=O)(COCCC(=O)NCCCNC(=O)CCCCOC2OC(COC(C)=O)C(OC(C)=O)C(OC(C)=O)C2NC(C)=O)COCCC(=O)NCCCNC(=O)CCCCOC2OC(COC(C)=O)C(OC(C)=O)C(OC(C)=O)C2NC(C)=O)cc1)N(C(C)C)C(C)C. The number of carbonyl (C=O) groups is 19. The van der Waals surface area contributed by atoms with Gasteiger partial charge in [-0.15, -0.1) is 12.3 Å². The lowest BCUT2D eigenvalue weighted by atomic mass is 9.83. The molecule has 0 aliphatic carbocycles. The van der Waals surface area contributed by atoms with Crippen LogP contribution in [0.4, 0.5) is 0 Å². The van der Waals surface area contributed by atoms with Crippen LogP contribution in [0, 0.1) is 18.3 Å². The van der Waals surface area contributed by atoms with E-state index in [-0.39, 0.29) is 198 Å². The monoisotopic (exact) mass is 2090 g/mol. The van der Waals surface area contributed by atoms with Crippen molar-refractivity contribution in [1.29, 1.82) is 0 Å². The molecule has 1 aromatic rings. The van der Waals surface area contributed by atoms with Crippen LogP contribution in [0.15, 0.2) is 24.3 Å². The molecule has 0 aromatic heterocycles. The number of Topliss-reactive ketones (excluding diaryl/α,β-unsaturated/α-hetero) is 1. The minimum absolute atomic E-state index is 0.0239. The highest BCUT2D eigenvalue weighted by Crippen LogP contribution is 2.35. The van der Waals surface area contributed by atoms with Crippen LogP contribution in [-0.4, -0.2) is 353 Å². The van der Waals surface area contributed by atoms with Crippen molar-refractivity contribution in [3.05, 3.63) is 29.8 Å². The Labute approximate surface area is 856 Å². The second-order valence-electron chi connectivity index (χ2n) is 35.9. The molecule has 4 rings (SSSR count). The van der Waals surface area contributed by atoms with E-state index in [9.17, 15) is 91.1 Å². The van der Waals surface area contributed by atoms with E-state index < -0.39 is 206 Å². The van der Waals surface area contributed by atoms with Crippen LogP contribution in [0.2, 0.25) is 0 Å². The first-order chi connectivity index (χ1) is 69.8. The van der Waals surface area contributed by atoms with Crippen LogP contribution in [0.3, 0.4) is 0 Å². The number of rotatable bonds is 71. The molecule has 3 aliphatic heterocycles. The lowest BCUT2D eigenvalue weighted by molar-refractivity contribution is -0.277. The zero-order valence-corrected chi connectivity index (χ0v) is 87.2. The van der Waals surface area contributed by atoms with Crippen molar-refractivity contribution in [2.75, 3.05) is 125 Å². The fourth-order valence-electron chi connectivity index (χ4n) is 15.8. The van der Waals surface area contributed by atoms with E-state index in [0.29, 0.717) is 70.0 Å². The van der Waals surface area contributed by atoms with Crippen molar-refractivity contribution >= 4 is 113 Å². The minimum atomic E-state index is -1.63. The lowest BCUT2D eigenvalue weighted by Gasteiger charge is -2.45. The third-order valence-electron chi connectivity index (χ3n) is 22.1. The first-order valence-corrected chi connectivity index (χ1v) is 49.4. The van der Waals surface area contributed by atoms with Gasteiger partial charge < -0.3 is 148 Å². The van der Waals surface area contributed by atoms with E-state index in [1.165, 1.54) is 53.7 Å². The Morgan fingerprint density at radius 1 is 0.374 bits per heavy atom. The number of nitrogens with one attached hydrogen (secondary N) is 10. The molecule has 0 radical (unpaired) electrons. The van der Waals surface area contributed by atoms with Crippen LogP contribution < -0.4 is 57.9 Å². The van der Waals surface area contributed by atoms with Gasteiger partial charge in [0.05, 0.1) is 52.3 Å². The molecule has 49 heteroatoms. The Bertz CT molecular complexity index is 4050. The van der Waals surface area contributed by atoms with Gasteiger partial charge in [-0.1, -0.05) is 0 Å². The highest BCUT2D eigenvalue weighted by Gasteiger charge is 2.54. The van der Waals surface area contributed by atoms with Crippen molar-refractivity contribution in [2.45, 2.75) is 330 Å². The summed E-state index contributed by atoms with van der Waals surface area (Å²) in [6.45, 7) is 20.1. The third kappa shape index (κ3) is 52.6. The Kier molecular flexibility index (Phi) is 60.9. The summed E-state index contributed by atoms with van der Waals surface area (Å²) in [5.41, 5.74) is -1.50. The number of carbonyl (C=O) groups excluding carboxylic acids is 19. The van der Waals surface area contributed by atoms with E-state index in [0.717, 1.165) is 41.5 Å². The molecule has 1 aromatic carbocycles. The predicted octanol–water partition coefficient (Wildman–Crippen LogP) is 1.26. The molecule has 0 bridgehead atoms. The summed E-state index contributed by atoms with van der Waals surface area (Å²) in [4.78, 5) is 242. The molecule has 3 saturated heterocycles. The van der Waals surface area contributed by atoms with Crippen molar-refractivity contribution in [3.63, 3.8) is 0 Å². The number of hydrogen-bond donors (Lipinski definition) is 10. The van der Waals surface area contributed by atoms with Crippen LogP contribution in [-0.2, 0) is 172 Å². The summed E-state index contributed by atoms with van der Waals surface area (Å²) in [5.74, 6) is -8.51. The van der Waals surface area contributed by atoms with Crippen molar-refractivity contribution in [2.24, 2.45) is 5.92 Å². The number of nitrogens with zero attached hydrogens (tertiary/aromatic N) is 1. The molecule has 16 atom stereocenters. The van der Waals surface area contributed by atoms with Gasteiger partial charge in [0.1, 0.15) is 73.4 Å². The lowest BCUT2D eigenvalue weighted by Crippen LogP contribution is -2.66. The van der Waals surface area contributed by atoms with E-state index in [1.54, 1.807) is 12.1 Å². The minimum Gasteiger partial charge on any atom is -0.463 e. The maximum Gasteiger partial charge on any atom is 0.303 e. The van der Waals surface area contributed by atoms with Crippen molar-refractivity contribution in [3.8, 4) is 18.1 Å². The fraction of sp³-hybridized carbons (Fsp3) is 0.724. The normalized spacial score (nSPS) is 21.0. The highest BCUT2D eigenvalue weighted by atomic mass is 16.7. The van der Waals surface area contributed by atoms with Gasteiger partial charge in [-0.2, -0.15) is 0 Å². The van der Waals surface area contributed by atoms with Gasteiger partial charge in [0, 0.05) is 210 Å². The number of unbranched alkanes of at least 4 members (excludes halogenated alkanes) is 3. The van der Waals surface area contributed by atoms with Crippen LogP contribution in [0.1, 0.15) is 230 Å². The van der Waals surface area contributed by atoms with Crippen LogP contribution >= 0.6 is 0 Å². The Balaban J connectivity index is 1.45. The molecule has 16 unspecified atom stereocenters. The third-order valence-corrected chi connectivity index (χ3v) is 22.1. The van der Waals surface area contributed by atoms with Gasteiger partial charge >= 0.3 is 47.8 Å². The van der Waals surface area contributed by atoms with Crippen molar-refractivity contribution in [1.82, 2.24) is 58.1 Å². The summed E-state index contributed by atoms with van der Waals surface area (Å²) in [7, 11) is 0. The molecule has 0 spiro atoms. The quantitative estimate of drug-likeness (QED) is 0.0144. The first-order valence-electron chi connectivity index (χ1n) is 49.4. The molecule has 828 valence electrons. The number of esters is 8. The number of hydrogen-bond acceptors (Lipinski definition) is 39. The van der Waals surface area contributed by atoms with Gasteiger partial charge in [0.25, 0.3) is 12.3 Å². The molecular formula is C98H153N11O38. The fourth-order valence-corrected chi connectivity index (χ4v) is 15.8. The van der Waals surface area contributed by atoms with Crippen LogP contribution in [0.5, 0.6) is 5.75 Å². The number of benzene rings is 1. The van der Waals surface area contributed by atoms with Gasteiger partial charge in [-0.3, -0.25) is 86.3 Å². The van der Waals surface area contributed by atoms with Gasteiger partial charge in [0.2, 0.25) is 53.2 Å². The number of amides is 10. The molecule has 3 aliphatic rings. The van der Waals surface area contributed by atoms with Crippen molar-refractivity contribution < 1.29 is 181 Å². The summed E-state index contributed by atoms with van der Waals surface area (Å²) in [6, 6.07) is 2.79. The van der Waals surface area contributed by atoms with Gasteiger partial charge in [-0.05, 0) is 117 Å². The second-order valence-corrected chi connectivity index (χ2v) is 35.9. The van der Waals surface area contributed by atoms with E-state index in [2.05, 4.69) is 59.1 Å². The van der Waals surface area contributed by atoms with E-state index in [1.807, 2.05) is 32.6 Å². The number of ketones is 1. The maximum absolute atomic E-state index is 14.7. The second kappa shape index (κ2) is 70.2. The summed E-state index contributed by atoms with van der Waals surface area (Å²) < 4.78 is 110. The predicted molar refractivity (Wildman–Crippen MR) is 515 cm³/mol. The average Bonchev–Trinajstić information content (AvgIpc) is 0.791. The average molecular weight is 2090 g/mol. The smallest absolute Gasteiger partial charge is 0.303 e. The zero-order chi connectivity index (χ0) is 109. The molecular weight excluding hydrogens is 1940 g/mol.